The van der Waals surface area contributed by atoms with Crippen molar-refractivity contribution in [3.63, 3.8) is 0 Å². The maximum atomic E-state index is 5.49. The van der Waals surface area contributed by atoms with Crippen LogP contribution in [0.1, 0.15) is 24.1 Å². The first-order chi connectivity index (χ1) is 22.3. The average molecular weight is 579 g/mol. The van der Waals surface area contributed by atoms with Gasteiger partial charge in [-0.1, -0.05) is 128 Å². The summed E-state index contributed by atoms with van der Waals surface area (Å²) in [5.41, 5.74) is 9.10. The second kappa shape index (κ2) is 10.2. The Morgan fingerprint density at radius 2 is 1.11 bits per heavy atom. The van der Waals surface area contributed by atoms with E-state index in [2.05, 4.69) is 168 Å². The Hall–Kier alpha value is -5.74. The lowest BCUT2D eigenvalue weighted by molar-refractivity contribution is 0.588. The van der Waals surface area contributed by atoms with Gasteiger partial charge in [0.25, 0.3) is 0 Å². The van der Waals surface area contributed by atoms with Crippen molar-refractivity contribution in [2.75, 3.05) is 0 Å². The predicted octanol–water partition coefficient (Wildman–Crippen LogP) is 9.98. The quantitative estimate of drug-likeness (QED) is 0.200. The number of aromatic nitrogens is 2. The molecule has 4 heteroatoms. The minimum atomic E-state index is -0.0741. The van der Waals surface area contributed by atoms with Crippen LogP contribution in [-0.2, 0) is 0 Å². The van der Waals surface area contributed by atoms with Gasteiger partial charge in [0.15, 0.2) is 0 Å². The first-order valence-electron chi connectivity index (χ1n) is 15.6. The number of aliphatic imine (C=N–C) groups is 2. The molecule has 0 aliphatic carbocycles. The molecule has 0 N–H and O–H groups in total. The van der Waals surface area contributed by atoms with Crippen LogP contribution < -0.4 is 0 Å². The second-order valence-corrected chi connectivity index (χ2v) is 11.8. The van der Waals surface area contributed by atoms with Gasteiger partial charge in [-0.05, 0) is 41.5 Å². The average Bonchev–Trinajstić information content (AvgIpc) is 3.63. The van der Waals surface area contributed by atoms with E-state index in [4.69, 9.17) is 9.98 Å². The second-order valence-electron chi connectivity index (χ2n) is 11.8. The molecule has 8 aromatic rings. The summed E-state index contributed by atoms with van der Waals surface area (Å²) in [4.78, 5) is 10.9. The lowest BCUT2D eigenvalue weighted by Gasteiger charge is -2.28. The molecular formula is C41H30N4. The number of fused-ring (bicyclic) bond motifs is 7. The number of benzene rings is 6. The zero-order chi connectivity index (χ0) is 29.9. The minimum Gasteiger partial charge on any atom is -0.309 e. The van der Waals surface area contributed by atoms with Crippen molar-refractivity contribution in [3.8, 4) is 5.69 Å². The molecule has 214 valence electrons. The maximum Gasteiger partial charge on any atom is 0.230 e. The summed E-state index contributed by atoms with van der Waals surface area (Å²) in [6.45, 7) is 2.25. The number of nitrogens with zero attached hydrogens (tertiary/aromatic N) is 4. The molecule has 0 fully saturated rings. The highest BCUT2D eigenvalue weighted by atomic mass is 15.2. The van der Waals surface area contributed by atoms with Crippen molar-refractivity contribution in [1.82, 2.24) is 9.13 Å². The van der Waals surface area contributed by atoms with Crippen molar-refractivity contribution in [1.29, 1.82) is 0 Å². The van der Waals surface area contributed by atoms with E-state index in [1.54, 1.807) is 0 Å². The standard InChI is InChI=1S/C41H30N4/c1-27-38(28-15-5-2-6-16-28)42-41(43-39(27)29-17-7-3-8-18-29)45-34-23-13-11-21-31(34)32-25-26-36-37(40(32)45)33-22-12-14-24-35(33)44(36)30-19-9-4-10-20-30/h2-27,38H,1H3. The van der Waals surface area contributed by atoms with Crippen LogP contribution in [0.5, 0.6) is 0 Å². The third kappa shape index (κ3) is 3.92. The third-order valence-corrected chi connectivity index (χ3v) is 9.27. The Balaban J connectivity index is 1.43. The van der Waals surface area contributed by atoms with Gasteiger partial charge in [-0.2, -0.15) is 0 Å². The van der Waals surface area contributed by atoms with Crippen LogP contribution in [-0.4, -0.2) is 20.8 Å². The molecule has 3 heterocycles. The van der Waals surface area contributed by atoms with Gasteiger partial charge in [-0.25, -0.2) is 9.98 Å². The van der Waals surface area contributed by atoms with Crippen LogP contribution in [0.15, 0.2) is 162 Å². The summed E-state index contributed by atoms with van der Waals surface area (Å²) in [5.74, 6) is 0.822. The molecule has 0 bridgehead atoms. The molecule has 6 aromatic carbocycles. The van der Waals surface area contributed by atoms with Gasteiger partial charge >= 0.3 is 0 Å². The normalized spacial score (nSPS) is 16.8. The molecule has 0 saturated carbocycles. The van der Waals surface area contributed by atoms with Crippen LogP contribution in [0.2, 0.25) is 0 Å². The van der Waals surface area contributed by atoms with Gasteiger partial charge in [0, 0.05) is 33.2 Å². The van der Waals surface area contributed by atoms with Gasteiger partial charge in [-0.15, -0.1) is 0 Å². The monoisotopic (exact) mass is 578 g/mol. The molecule has 1 aliphatic rings. The third-order valence-electron chi connectivity index (χ3n) is 9.27. The van der Waals surface area contributed by atoms with Crippen LogP contribution in [0.4, 0.5) is 0 Å². The zero-order valence-electron chi connectivity index (χ0n) is 24.9. The van der Waals surface area contributed by atoms with Gasteiger partial charge in [0.2, 0.25) is 5.96 Å². The van der Waals surface area contributed by atoms with Crippen molar-refractivity contribution in [2.24, 2.45) is 15.9 Å². The molecule has 4 nitrogen and oxygen atoms in total. The predicted molar refractivity (Wildman–Crippen MR) is 188 cm³/mol. The van der Waals surface area contributed by atoms with E-state index in [0.717, 1.165) is 39.5 Å². The Kier molecular flexibility index (Phi) is 5.82. The highest BCUT2D eigenvalue weighted by molar-refractivity contribution is 6.28. The fourth-order valence-electron chi connectivity index (χ4n) is 7.25. The summed E-state index contributed by atoms with van der Waals surface area (Å²) in [7, 11) is 0. The van der Waals surface area contributed by atoms with Crippen molar-refractivity contribution in [3.05, 3.63) is 163 Å². The summed E-state index contributed by atoms with van der Waals surface area (Å²) in [5, 5.41) is 4.81. The largest absolute Gasteiger partial charge is 0.309 e. The van der Waals surface area contributed by atoms with E-state index in [1.165, 1.54) is 32.6 Å². The van der Waals surface area contributed by atoms with Gasteiger partial charge in [-0.3, -0.25) is 4.57 Å². The van der Waals surface area contributed by atoms with E-state index in [-0.39, 0.29) is 12.0 Å². The Bertz CT molecular complexity index is 2430. The summed E-state index contributed by atoms with van der Waals surface area (Å²) in [6, 6.07) is 53.7. The highest BCUT2D eigenvalue weighted by Crippen LogP contribution is 2.42. The number of hydrogen-bond acceptors (Lipinski definition) is 2. The SMILES string of the molecule is CC1C(c2ccccc2)=NC(n2c3ccccc3c3ccc4c(c5ccccc5n4-c4ccccc4)c32)=NC1c1ccccc1. The lowest BCUT2D eigenvalue weighted by atomic mass is 9.87. The van der Waals surface area contributed by atoms with E-state index in [9.17, 15) is 0 Å². The van der Waals surface area contributed by atoms with Crippen LogP contribution in [0, 0.1) is 5.92 Å². The minimum absolute atomic E-state index is 0.0741. The van der Waals surface area contributed by atoms with Crippen LogP contribution >= 0.6 is 0 Å². The highest BCUT2D eigenvalue weighted by Gasteiger charge is 2.31. The van der Waals surface area contributed by atoms with E-state index in [1.807, 2.05) is 0 Å². The zero-order valence-corrected chi connectivity index (χ0v) is 24.9. The molecule has 45 heavy (non-hydrogen) atoms. The summed E-state index contributed by atoms with van der Waals surface area (Å²) in [6.07, 6.45) is 0. The van der Waals surface area contributed by atoms with E-state index >= 15 is 0 Å². The Morgan fingerprint density at radius 3 is 1.84 bits per heavy atom. The molecule has 1 aliphatic heterocycles. The molecule has 0 amide bonds. The molecule has 0 saturated heterocycles. The van der Waals surface area contributed by atoms with Crippen LogP contribution in [0.3, 0.4) is 0 Å². The fraction of sp³-hybridized carbons (Fsp3) is 0.0732. The van der Waals surface area contributed by atoms with E-state index < -0.39 is 0 Å². The fourth-order valence-corrected chi connectivity index (χ4v) is 7.25. The van der Waals surface area contributed by atoms with Gasteiger partial charge in [0.1, 0.15) is 0 Å². The molecular weight excluding hydrogens is 548 g/mol. The number of hydrogen-bond donors (Lipinski definition) is 0. The van der Waals surface area contributed by atoms with Crippen molar-refractivity contribution in [2.45, 2.75) is 13.0 Å². The molecule has 9 rings (SSSR count). The number of para-hydroxylation sites is 3. The van der Waals surface area contributed by atoms with Crippen molar-refractivity contribution >= 4 is 55.3 Å². The van der Waals surface area contributed by atoms with E-state index in [0.29, 0.717) is 0 Å². The summed E-state index contributed by atoms with van der Waals surface area (Å²) < 4.78 is 4.70. The van der Waals surface area contributed by atoms with Crippen molar-refractivity contribution < 1.29 is 0 Å². The van der Waals surface area contributed by atoms with Gasteiger partial charge in [0.05, 0.1) is 33.8 Å². The topological polar surface area (TPSA) is 34.6 Å². The molecule has 2 aromatic heterocycles. The smallest absolute Gasteiger partial charge is 0.230 e. The molecule has 2 atom stereocenters. The maximum absolute atomic E-state index is 5.49. The first kappa shape index (κ1) is 25.7. The molecule has 0 radical (unpaired) electrons. The van der Waals surface area contributed by atoms with Gasteiger partial charge < -0.3 is 4.57 Å². The Labute approximate surface area is 261 Å². The Morgan fingerprint density at radius 1 is 0.511 bits per heavy atom. The number of rotatable bonds is 3. The first-order valence-corrected chi connectivity index (χ1v) is 15.6. The van der Waals surface area contributed by atoms with Crippen LogP contribution in [0.25, 0.3) is 49.3 Å². The summed E-state index contributed by atoms with van der Waals surface area (Å²) >= 11 is 0. The molecule has 2 unspecified atom stereocenters. The lowest BCUT2D eigenvalue weighted by Crippen LogP contribution is -2.28. The molecule has 0 spiro atoms.